The summed E-state index contributed by atoms with van der Waals surface area (Å²) in [7, 11) is 0. The molecule has 0 spiro atoms. The molecule has 0 aliphatic carbocycles. The summed E-state index contributed by atoms with van der Waals surface area (Å²) in [6.45, 7) is 3.83. The van der Waals surface area contributed by atoms with Crippen molar-refractivity contribution >= 4 is 27.8 Å². The molecule has 1 fully saturated rings. The van der Waals surface area contributed by atoms with Gasteiger partial charge in [-0.1, -0.05) is 59.7 Å². The highest BCUT2D eigenvalue weighted by atomic mass is 32.2. The Morgan fingerprint density at radius 3 is 2.24 bits per heavy atom. The number of aryl methyl sites for hydroxylation is 2. The second-order valence-electron chi connectivity index (χ2n) is 7.24. The number of hydrogen-bond acceptors (Lipinski definition) is 6. The highest BCUT2D eigenvalue weighted by Gasteiger charge is 2.66. The summed E-state index contributed by atoms with van der Waals surface area (Å²) in [6, 6.07) is 16.2. The SMILES string of the molecule is Cc1ccc(C(=O)C2C(C#N)=C(N)N3C(=N)SC(=O)C23c2ccc(C)cc2)cc1. The van der Waals surface area contributed by atoms with E-state index in [2.05, 4.69) is 0 Å². The number of nitrogens with one attached hydrogen (secondary N) is 1. The molecule has 2 heterocycles. The fourth-order valence-corrected chi connectivity index (χ4v) is 5.03. The molecule has 6 nitrogen and oxygen atoms in total. The molecule has 3 N–H and O–H groups in total. The van der Waals surface area contributed by atoms with E-state index in [-0.39, 0.29) is 27.5 Å². The van der Waals surface area contributed by atoms with Crippen LogP contribution in [-0.2, 0) is 10.3 Å². The number of thioether (sulfide) groups is 1. The Kier molecular flexibility index (Phi) is 4.32. The molecule has 144 valence electrons. The minimum Gasteiger partial charge on any atom is -0.384 e. The van der Waals surface area contributed by atoms with E-state index in [0.29, 0.717) is 11.1 Å². The van der Waals surface area contributed by atoms with E-state index in [9.17, 15) is 14.9 Å². The van der Waals surface area contributed by atoms with Gasteiger partial charge in [0, 0.05) is 5.56 Å². The van der Waals surface area contributed by atoms with Crippen LogP contribution < -0.4 is 5.73 Å². The summed E-state index contributed by atoms with van der Waals surface area (Å²) >= 11 is 0.740. The number of hydrogen-bond donors (Lipinski definition) is 2. The molecule has 0 radical (unpaired) electrons. The molecule has 7 heteroatoms. The van der Waals surface area contributed by atoms with Crippen molar-refractivity contribution in [2.24, 2.45) is 11.7 Å². The Morgan fingerprint density at radius 1 is 1.14 bits per heavy atom. The van der Waals surface area contributed by atoms with Gasteiger partial charge in [-0.15, -0.1) is 0 Å². The normalized spacial score (nSPS) is 23.3. The molecular weight excluding hydrogens is 384 g/mol. The number of nitrogens with two attached hydrogens (primary N) is 1. The van der Waals surface area contributed by atoms with Crippen LogP contribution in [-0.4, -0.2) is 21.0 Å². The van der Waals surface area contributed by atoms with Crippen molar-refractivity contribution in [1.82, 2.24) is 4.90 Å². The summed E-state index contributed by atoms with van der Waals surface area (Å²) in [5.41, 5.74) is 7.64. The number of nitrogens with zero attached hydrogens (tertiary/aromatic N) is 2. The van der Waals surface area contributed by atoms with Crippen LogP contribution in [0.5, 0.6) is 0 Å². The Labute approximate surface area is 172 Å². The van der Waals surface area contributed by atoms with E-state index < -0.39 is 11.5 Å². The van der Waals surface area contributed by atoms with Crippen LogP contribution in [0.25, 0.3) is 0 Å². The van der Waals surface area contributed by atoms with Crippen LogP contribution in [0.2, 0.25) is 0 Å². The van der Waals surface area contributed by atoms with Gasteiger partial charge in [-0.2, -0.15) is 5.26 Å². The van der Waals surface area contributed by atoms with Gasteiger partial charge in [-0.05, 0) is 31.2 Å². The molecule has 29 heavy (non-hydrogen) atoms. The number of Topliss-reactive ketones (excluding diaryl/α,β-unsaturated/α-hetero) is 1. The molecular formula is C22H18N4O2S. The summed E-state index contributed by atoms with van der Waals surface area (Å²) in [5, 5.41) is 17.7. The Hall–Kier alpha value is -3.37. The predicted molar refractivity (Wildman–Crippen MR) is 111 cm³/mol. The van der Waals surface area contributed by atoms with Gasteiger partial charge in [0.05, 0.1) is 17.6 Å². The molecule has 0 amide bonds. The molecule has 2 aromatic carbocycles. The summed E-state index contributed by atoms with van der Waals surface area (Å²) < 4.78 is 0. The van der Waals surface area contributed by atoms with E-state index >= 15 is 0 Å². The first-order valence-electron chi connectivity index (χ1n) is 9.01. The third-order valence-electron chi connectivity index (χ3n) is 5.49. The smallest absolute Gasteiger partial charge is 0.228 e. The zero-order chi connectivity index (χ0) is 20.9. The molecule has 0 aromatic heterocycles. The second kappa shape index (κ2) is 6.61. The fourth-order valence-electron chi connectivity index (χ4n) is 4.03. The molecule has 2 aliphatic heterocycles. The second-order valence-corrected chi connectivity index (χ2v) is 8.20. The Morgan fingerprint density at radius 2 is 1.69 bits per heavy atom. The van der Waals surface area contributed by atoms with Gasteiger partial charge in [-0.25, -0.2) is 0 Å². The minimum absolute atomic E-state index is 0.0121. The van der Waals surface area contributed by atoms with Crippen LogP contribution in [0.15, 0.2) is 59.9 Å². The van der Waals surface area contributed by atoms with Crippen molar-refractivity contribution in [3.63, 3.8) is 0 Å². The van der Waals surface area contributed by atoms with Crippen molar-refractivity contribution in [2.45, 2.75) is 19.4 Å². The first kappa shape index (κ1) is 19.0. The van der Waals surface area contributed by atoms with E-state index in [4.69, 9.17) is 11.1 Å². The highest BCUT2D eigenvalue weighted by molar-refractivity contribution is 8.26. The molecule has 2 aromatic rings. The zero-order valence-electron chi connectivity index (χ0n) is 15.9. The molecule has 1 saturated heterocycles. The van der Waals surface area contributed by atoms with Crippen LogP contribution >= 0.6 is 11.8 Å². The van der Waals surface area contributed by atoms with Crippen molar-refractivity contribution in [3.05, 3.63) is 82.2 Å². The van der Waals surface area contributed by atoms with Gasteiger partial charge in [0.1, 0.15) is 5.82 Å². The van der Waals surface area contributed by atoms with Gasteiger partial charge < -0.3 is 5.73 Å². The van der Waals surface area contributed by atoms with E-state index in [1.54, 1.807) is 24.3 Å². The number of fused-ring (bicyclic) bond motifs is 1. The van der Waals surface area contributed by atoms with Crippen LogP contribution in [0.1, 0.15) is 27.0 Å². The quantitative estimate of drug-likeness (QED) is 0.763. The maximum atomic E-state index is 13.6. The van der Waals surface area contributed by atoms with Gasteiger partial charge in [0.2, 0.25) is 5.12 Å². The average molecular weight is 402 g/mol. The average Bonchev–Trinajstić information content (AvgIpc) is 3.12. The maximum Gasteiger partial charge on any atom is 0.228 e. The molecule has 0 saturated carbocycles. The Bertz CT molecular complexity index is 1130. The zero-order valence-corrected chi connectivity index (χ0v) is 16.7. The van der Waals surface area contributed by atoms with Crippen LogP contribution in [0, 0.1) is 36.5 Å². The van der Waals surface area contributed by atoms with E-state index in [1.807, 2.05) is 44.2 Å². The maximum absolute atomic E-state index is 13.6. The van der Waals surface area contributed by atoms with Crippen LogP contribution in [0.4, 0.5) is 0 Å². The van der Waals surface area contributed by atoms with Crippen molar-refractivity contribution in [3.8, 4) is 6.07 Å². The molecule has 2 aliphatic rings. The number of nitriles is 1. The van der Waals surface area contributed by atoms with Crippen molar-refractivity contribution in [2.75, 3.05) is 0 Å². The number of amidine groups is 1. The lowest BCUT2D eigenvalue weighted by Crippen LogP contribution is -2.50. The van der Waals surface area contributed by atoms with Crippen molar-refractivity contribution in [1.29, 1.82) is 10.7 Å². The van der Waals surface area contributed by atoms with Gasteiger partial charge >= 0.3 is 0 Å². The predicted octanol–water partition coefficient (Wildman–Crippen LogP) is 3.22. The largest absolute Gasteiger partial charge is 0.384 e. The minimum atomic E-state index is -1.54. The van der Waals surface area contributed by atoms with Gasteiger partial charge in [-0.3, -0.25) is 19.9 Å². The summed E-state index contributed by atoms with van der Waals surface area (Å²) in [6.07, 6.45) is 0. The first-order chi connectivity index (χ1) is 13.8. The number of carbonyl (C=O) groups excluding carboxylic acids is 2. The number of benzene rings is 2. The lowest BCUT2D eigenvalue weighted by atomic mass is 9.73. The first-order valence-corrected chi connectivity index (χ1v) is 9.82. The fraction of sp³-hybridized carbons (Fsp3) is 0.182. The Balaban J connectivity index is 1.99. The molecule has 2 atom stereocenters. The number of ketones is 1. The molecule has 2 unspecified atom stereocenters. The number of carbonyl (C=O) groups is 2. The standard InChI is InChI=1S/C22H18N4O2S/c1-12-3-7-14(8-4-12)18(27)17-16(11-23)19(24)26-21(25)29-20(28)22(17,26)15-9-5-13(2)6-10-15/h3-10,17,25H,24H2,1-2H3. The van der Waals surface area contributed by atoms with Crippen LogP contribution in [0.3, 0.4) is 0 Å². The summed E-state index contributed by atoms with van der Waals surface area (Å²) in [5.74, 6) is -1.50. The monoisotopic (exact) mass is 402 g/mol. The lowest BCUT2D eigenvalue weighted by molar-refractivity contribution is -0.119. The topological polar surface area (TPSA) is 111 Å². The number of rotatable bonds is 3. The highest BCUT2D eigenvalue weighted by Crippen LogP contribution is 2.56. The third kappa shape index (κ3) is 2.53. The van der Waals surface area contributed by atoms with Gasteiger partial charge in [0.15, 0.2) is 16.5 Å². The van der Waals surface area contributed by atoms with Gasteiger partial charge in [0.25, 0.3) is 0 Å². The van der Waals surface area contributed by atoms with E-state index in [0.717, 1.165) is 22.9 Å². The van der Waals surface area contributed by atoms with Crippen molar-refractivity contribution < 1.29 is 9.59 Å². The summed E-state index contributed by atoms with van der Waals surface area (Å²) in [4.78, 5) is 28.3. The lowest BCUT2D eigenvalue weighted by Gasteiger charge is -2.35. The van der Waals surface area contributed by atoms with E-state index in [1.165, 1.54) is 4.90 Å². The molecule has 0 bridgehead atoms. The third-order valence-corrected chi connectivity index (χ3v) is 6.36. The molecule has 4 rings (SSSR count).